The molecule has 1 atom stereocenters. The second-order valence-corrected chi connectivity index (χ2v) is 8.82. The summed E-state index contributed by atoms with van der Waals surface area (Å²) in [5.41, 5.74) is 6.02. The standard InChI is InChI=1S/C8H8O.C7H14N2O3.C5H9NO4.C5H13N.C2H4O2/c1-7-3-2-4-8(5-7)6-9;1-6(2)3-8-7(11)4-12-9-5-10;1-6-10-4(3-7)2-5(8)9;1-5(2)4-6-3;1-2(3)4/h2-6H,1H3;5-6H,3-4H2,1-2H3,(H,8,11)(H,9,10);3-4,6H,2H2,1H3,(H,8,9);5-6H,4H2,1-3H3;1H3,(H,3,4). The minimum atomic E-state index is -1.06. The third-order valence-corrected chi connectivity index (χ3v) is 3.63. The Balaban J connectivity index is -0.000000217. The lowest BCUT2D eigenvalue weighted by molar-refractivity contribution is -0.144. The number of nitrogens with one attached hydrogen (secondary N) is 4. The third kappa shape index (κ3) is 46.5. The van der Waals surface area contributed by atoms with Crippen molar-refractivity contribution in [2.45, 2.75) is 54.1 Å². The van der Waals surface area contributed by atoms with Crippen LogP contribution in [0.25, 0.3) is 0 Å². The van der Waals surface area contributed by atoms with Gasteiger partial charge in [0.15, 0.2) is 12.9 Å². The zero-order valence-corrected chi connectivity index (χ0v) is 25.3. The number of carboxylic acid groups (broad SMARTS) is 2. The van der Waals surface area contributed by atoms with E-state index in [2.05, 4.69) is 39.6 Å². The van der Waals surface area contributed by atoms with E-state index < -0.39 is 18.0 Å². The van der Waals surface area contributed by atoms with Crippen LogP contribution >= 0.6 is 0 Å². The van der Waals surface area contributed by atoms with Crippen LogP contribution in [-0.4, -0.2) is 86.9 Å². The first-order valence-corrected chi connectivity index (χ1v) is 12.6. The molecule has 236 valence electrons. The van der Waals surface area contributed by atoms with Gasteiger partial charge in [-0.3, -0.25) is 33.6 Å². The van der Waals surface area contributed by atoms with Crippen LogP contribution in [0.15, 0.2) is 24.3 Å². The van der Waals surface area contributed by atoms with Gasteiger partial charge in [0.05, 0.1) is 6.42 Å². The predicted octanol–water partition coefficient (Wildman–Crippen LogP) is 1.38. The van der Waals surface area contributed by atoms with Crippen LogP contribution in [-0.2, 0) is 33.6 Å². The van der Waals surface area contributed by atoms with Crippen LogP contribution in [0.1, 0.15) is 57.0 Å². The van der Waals surface area contributed by atoms with Gasteiger partial charge in [-0.15, -0.1) is 0 Å². The molecule has 0 radical (unpaired) electrons. The summed E-state index contributed by atoms with van der Waals surface area (Å²) >= 11 is 0. The Morgan fingerprint density at radius 3 is 1.85 bits per heavy atom. The first kappa shape index (κ1) is 44.3. The van der Waals surface area contributed by atoms with Crippen molar-refractivity contribution in [3.8, 4) is 0 Å². The summed E-state index contributed by atoms with van der Waals surface area (Å²) in [6, 6.07) is 7.49. The van der Waals surface area contributed by atoms with E-state index in [1.807, 2.05) is 51.5 Å². The highest BCUT2D eigenvalue weighted by Gasteiger charge is 2.11. The molecule has 14 nitrogen and oxygen atoms in total. The van der Waals surface area contributed by atoms with Gasteiger partial charge in [0.2, 0.25) is 12.3 Å². The fraction of sp³-hybridized carbons (Fsp3) is 0.556. The number of hydroxylamine groups is 2. The number of aliphatic carboxylic acids is 2. The van der Waals surface area contributed by atoms with Crippen molar-refractivity contribution in [2.24, 2.45) is 11.8 Å². The van der Waals surface area contributed by atoms with Gasteiger partial charge in [-0.25, -0.2) is 11.0 Å². The molecule has 0 fully saturated rings. The van der Waals surface area contributed by atoms with Crippen molar-refractivity contribution in [3.05, 3.63) is 35.4 Å². The van der Waals surface area contributed by atoms with Crippen molar-refractivity contribution >= 4 is 36.8 Å². The van der Waals surface area contributed by atoms with E-state index in [0.717, 1.165) is 36.8 Å². The van der Waals surface area contributed by atoms with Gasteiger partial charge in [-0.05, 0) is 38.4 Å². The zero-order valence-electron chi connectivity index (χ0n) is 25.3. The minimum Gasteiger partial charge on any atom is -0.481 e. The van der Waals surface area contributed by atoms with E-state index in [1.54, 1.807) is 6.07 Å². The summed E-state index contributed by atoms with van der Waals surface area (Å²) in [5, 5.41) is 21.3. The lowest BCUT2D eigenvalue weighted by Gasteiger charge is -2.06. The van der Waals surface area contributed by atoms with E-state index in [1.165, 1.54) is 7.05 Å². The van der Waals surface area contributed by atoms with Gasteiger partial charge in [0, 0.05) is 26.1 Å². The average Bonchev–Trinajstić information content (AvgIpc) is 2.88. The van der Waals surface area contributed by atoms with Crippen molar-refractivity contribution < 1.29 is 48.7 Å². The number of aryl methyl sites for hydroxylation is 1. The van der Waals surface area contributed by atoms with E-state index in [4.69, 9.17) is 15.0 Å². The van der Waals surface area contributed by atoms with Crippen LogP contribution in [0.3, 0.4) is 0 Å². The SMILES string of the molecule is CC(=O)O.CC(C)CNC(=O)CONC=O.CNCC(C)C.CNOC(C=O)CC(=O)O.Cc1cccc(C=O)c1. The van der Waals surface area contributed by atoms with Crippen LogP contribution < -0.4 is 21.6 Å². The van der Waals surface area contributed by atoms with Crippen LogP contribution in [0.4, 0.5) is 0 Å². The second kappa shape index (κ2) is 32.5. The molecule has 1 aromatic carbocycles. The molecule has 0 spiro atoms. The first-order chi connectivity index (χ1) is 19.2. The molecule has 1 unspecified atom stereocenters. The monoisotopic (exact) mass is 588 g/mol. The molecule has 0 aliphatic rings. The molecule has 2 amide bonds. The van der Waals surface area contributed by atoms with Crippen molar-refractivity contribution in [1.82, 2.24) is 21.6 Å². The maximum Gasteiger partial charge on any atom is 0.306 e. The molecule has 0 aliphatic carbocycles. The number of carbonyl (C=O) groups excluding carboxylic acids is 4. The summed E-state index contributed by atoms with van der Waals surface area (Å²) in [7, 11) is 3.43. The number of carboxylic acids is 2. The maximum atomic E-state index is 10.8. The third-order valence-electron chi connectivity index (χ3n) is 3.63. The molecule has 0 aromatic heterocycles. The van der Waals surface area contributed by atoms with Crippen LogP contribution in [0.5, 0.6) is 0 Å². The number of rotatable bonds is 14. The smallest absolute Gasteiger partial charge is 0.306 e. The minimum absolute atomic E-state index is 0.147. The quantitative estimate of drug-likeness (QED) is 0.103. The summed E-state index contributed by atoms with van der Waals surface area (Å²) in [4.78, 5) is 68.6. The van der Waals surface area contributed by atoms with E-state index in [9.17, 15) is 24.0 Å². The van der Waals surface area contributed by atoms with Crippen molar-refractivity contribution in [3.63, 3.8) is 0 Å². The van der Waals surface area contributed by atoms with Crippen molar-refractivity contribution in [1.29, 1.82) is 0 Å². The Hall–Kier alpha value is -3.72. The highest BCUT2D eigenvalue weighted by Crippen LogP contribution is 1.99. The van der Waals surface area contributed by atoms with E-state index in [0.29, 0.717) is 25.2 Å². The molecule has 14 heteroatoms. The van der Waals surface area contributed by atoms with Gasteiger partial charge >= 0.3 is 5.97 Å². The maximum absolute atomic E-state index is 10.8. The number of benzene rings is 1. The highest BCUT2D eigenvalue weighted by atomic mass is 16.7. The summed E-state index contributed by atoms with van der Waals surface area (Å²) in [6.07, 6.45) is 0.444. The Kier molecular flexibility index (Phi) is 35.1. The Morgan fingerprint density at radius 2 is 1.54 bits per heavy atom. The molecule has 0 saturated carbocycles. The zero-order chi connectivity index (χ0) is 32.6. The molecule has 0 aliphatic heterocycles. The Labute approximate surface area is 242 Å². The number of amides is 2. The molecule has 1 rings (SSSR count). The van der Waals surface area contributed by atoms with E-state index >= 15 is 0 Å². The van der Waals surface area contributed by atoms with Gasteiger partial charge in [0.25, 0.3) is 5.97 Å². The fourth-order valence-corrected chi connectivity index (χ4v) is 2.10. The molecule has 0 heterocycles. The topological polar surface area (TPSA) is 209 Å². The summed E-state index contributed by atoms with van der Waals surface area (Å²) < 4.78 is 0. The normalized spacial score (nSPS) is 9.90. The van der Waals surface area contributed by atoms with Crippen LogP contribution in [0, 0.1) is 18.8 Å². The molecule has 0 saturated heterocycles. The highest BCUT2D eigenvalue weighted by molar-refractivity contribution is 5.77. The van der Waals surface area contributed by atoms with Crippen molar-refractivity contribution in [2.75, 3.05) is 33.8 Å². The molecule has 41 heavy (non-hydrogen) atoms. The molecular formula is C27H48N4O10. The molecule has 1 aromatic rings. The second-order valence-electron chi connectivity index (χ2n) is 8.82. The molecule has 0 bridgehead atoms. The summed E-state index contributed by atoms with van der Waals surface area (Å²) in [5.74, 6) is -0.937. The Bertz CT molecular complexity index is 832. The van der Waals surface area contributed by atoms with Gasteiger partial charge in [-0.1, -0.05) is 51.5 Å². The largest absolute Gasteiger partial charge is 0.481 e. The number of hydrogen-bond donors (Lipinski definition) is 6. The van der Waals surface area contributed by atoms with E-state index in [-0.39, 0.29) is 18.9 Å². The van der Waals surface area contributed by atoms with Gasteiger partial charge in [-0.2, -0.15) is 0 Å². The molecule has 6 N–H and O–H groups in total. The Morgan fingerprint density at radius 1 is 0.976 bits per heavy atom. The molecular weight excluding hydrogens is 540 g/mol. The lowest BCUT2D eigenvalue weighted by Crippen LogP contribution is -2.32. The number of carbonyl (C=O) groups is 6. The van der Waals surface area contributed by atoms with Gasteiger partial charge < -0.3 is 25.6 Å². The average molecular weight is 589 g/mol. The lowest BCUT2D eigenvalue weighted by atomic mass is 10.2. The van der Waals surface area contributed by atoms with Gasteiger partial charge in [0.1, 0.15) is 12.4 Å². The number of aldehydes is 2. The predicted molar refractivity (Wildman–Crippen MR) is 154 cm³/mol. The fourth-order valence-electron chi connectivity index (χ4n) is 2.10. The first-order valence-electron chi connectivity index (χ1n) is 12.6. The number of hydrogen-bond acceptors (Lipinski definition) is 10. The summed E-state index contributed by atoms with van der Waals surface area (Å²) in [6.45, 7) is 13.0. The van der Waals surface area contributed by atoms with Crippen LogP contribution in [0.2, 0.25) is 0 Å².